The molecule has 0 heterocycles. The van der Waals surface area contributed by atoms with E-state index in [-0.39, 0.29) is 11.1 Å². The lowest BCUT2D eigenvalue weighted by Crippen LogP contribution is -2.59. The van der Waals surface area contributed by atoms with Crippen molar-refractivity contribution in [1.82, 2.24) is 21.3 Å². The Labute approximate surface area is 252 Å². The van der Waals surface area contributed by atoms with Crippen LogP contribution >= 0.6 is 0 Å². The van der Waals surface area contributed by atoms with Crippen LogP contribution in [0, 0.1) is 5.92 Å². The van der Waals surface area contributed by atoms with Crippen LogP contribution in [0.5, 0.6) is 5.75 Å². The quantitative estimate of drug-likeness (QED) is 0.189. The molecule has 0 aliphatic carbocycles. The minimum Gasteiger partial charge on any atom is -0.497 e. The molecule has 240 valence electrons. The number of nitrogens with one attached hydrogen (secondary N) is 4. The second-order valence-corrected chi connectivity index (χ2v) is 10.9. The van der Waals surface area contributed by atoms with Crippen molar-refractivity contribution in [3.05, 3.63) is 65.7 Å². The van der Waals surface area contributed by atoms with Gasteiger partial charge in [0.2, 0.25) is 17.6 Å². The maximum absolute atomic E-state index is 14.9. The molecule has 0 aliphatic heterocycles. The summed E-state index contributed by atoms with van der Waals surface area (Å²) in [7, 11) is 1.39. The molecular formula is C30H37F3N4O7. The van der Waals surface area contributed by atoms with Crippen molar-refractivity contribution >= 4 is 29.4 Å². The van der Waals surface area contributed by atoms with E-state index in [9.17, 15) is 42.3 Å². The molecule has 4 amide bonds. The monoisotopic (exact) mass is 622 g/mol. The van der Waals surface area contributed by atoms with Gasteiger partial charge in [-0.15, -0.1) is 0 Å². The average Bonchev–Trinajstić information content (AvgIpc) is 2.99. The van der Waals surface area contributed by atoms with Crippen molar-refractivity contribution in [2.45, 2.75) is 57.4 Å². The zero-order chi connectivity index (χ0) is 33.2. The van der Waals surface area contributed by atoms with Crippen molar-refractivity contribution in [3.8, 4) is 5.75 Å². The highest BCUT2D eigenvalue weighted by atomic mass is 19.3. The number of aliphatic hydroxyl groups is 1. The highest BCUT2D eigenvalue weighted by Gasteiger charge is 2.51. The Morgan fingerprint density at radius 2 is 1.45 bits per heavy atom. The first-order chi connectivity index (χ1) is 20.5. The van der Waals surface area contributed by atoms with Gasteiger partial charge in [0.15, 0.2) is 0 Å². The standard InChI is InChI=1S/C30H37F3N4O7/c1-17(2)22(24(39)30(32,33)28(43)34-16-29(3,4)31)36-27(42)23(18-11-13-20(44-5)14-12-18)37-26(41)21(15-38)35-25(40)19-9-7-6-8-10-19/h6-14,17,21-23,38H,15-16H2,1-5H3,(H,34,43)(H,35,40)(H,36,42)(H,37,41)/t21?,22-,23?/m0/s1. The van der Waals surface area contributed by atoms with Gasteiger partial charge in [-0.2, -0.15) is 8.78 Å². The first kappa shape index (κ1) is 35.7. The molecule has 0 radical (unpaired) electrons. The van der Waals surface area contributed by atoms with Crippen LogP contribution in [0.2, 0.25) is 0 Å². The Kier molecular flexibility index (Phi) is 12.4. The lowest BCUT2D eigenvalue weighted by Gasteiger charge is -2.28. The number of ketones is 1. The summed E-state index contributed by atoms with van der Waals surface area (Å²) in [5.41, 5.74) is -1.70. The van der Waals surface area contributed by atoms with E-state index in [2.05, 4.69) is 16.0 Å². The molecule has 0 aromatic heterocycles. The average molecular weight is 623 g/mol. The minimum atomic E-state index is -4.63. The van der Waals surface area contributed by atoms with Gasteiger partial charge < -0.3 is 31.1 Å². The van der Waals surface area contributed by atoms with Crippen molar-refractivity contribution in [3.63, 3.8) is 0 Å². The van der Waals surface area contributed by atoms with Crippen LogP contribution in [-0.2, 0) is 19.2 Å². The molecule has 2 aromatic carbocycles. The predicted octanol–water partition coefficient (Wildman–Crippen LogP) is 1.85. The molecule has 0 fully saturated rings. The van der Waals surface area contributed by atoms with Gasteiger partial charge in [-0.25, -0.2) is 4.39 Å². The molecular weight excluding hydrogens is 585 g/mol. The van der Waals surface area contributed by atoms with Gasteiger partial charge >= 0.3 is 5.92 Å². The highest BCUT2D eigenvalue weighted by Crippen LogP contribution is 2.23. The van der Waals surface area contributed by atoms with Crippen LogP contribution < -0.4 is 26.0 Å². The van der Waals surface area contributed by atoms with Gasteiger partial charge in [0.1, 0.15) is 23.5 Å². The van der Waals surface area contributed by atoms with Crippen molar-refractivity contribution in [2.75, 3.05) is 20.3 Å². The molecule has 0 aliphatic rings. The predicted molar refractivity (Wildman–Crippen MR) is 154 cm³/mol. The number of halogens is 3. The molecule has 11 nitrogen and oxygen atoms in total. The number of alkyl halides is 3. The van der Waals surface area contributed by atoms with E-state index in [0.29, 0.717) is 5.75 Å². The Hall–Kier alpha value is -4.46. The van der Waals surface area contributed by atoms with Crippen molar-refractivity contribution in [2.24, 2.45) is 5.92 Å². The van der Waals surface area contributed by atoms with Gasteiger partial charge in [0, 0.05) is 5.56 Å². The lowest BCUT2D eigenvalue weighted by molar-refractivity contribution is -0.161. The SMILES string of the molecule is COc1ccc(C(NC(=O)C(CO)NC(=O)c2ccccc2)C(=O)N[C@H](C(=O)C(F)(F)C(=O)NCC(C)(C)F)C(C)C)cc1. The number of methoxy groups -OCH3 is 1. The topological polar surface area (TPSA) is 163 Å². The Balaban J connectivity index is 2.34. The molecule has 0 spiro atoms. The molecule has 2 unspecified atom stereocenters. The van der Waals surface area contributed by atoms with E-state index in [0.717, 1.165) is 13.8 Å². The third-order valence-electron chi connectivity index (χ3n) is 6.35. The second-order valence-electron chi connectivity index (χ2n) is 10.9. The van der Waals surface area contributed by atoms with Gasteiger partial charge in [0.05, 0.1) is 26.3 Å². The van der Waals surface area contributed by atoms with Gasteiger partial charge in [-0.3, -0.25) is 24.0 Å². The van der Waals surface area contributed by atoms with Gasteiger partial charge in [0.25, 0.3) is 11.8 Å². The summed E-state index contributed by atoms with van der Waals surface area (Å²) in [4.78, 5) is 64.2. The smallest absolute Gasteiger partial charge is 0.383 e. The van der Waals surface area contributed by atoms with Crippen molar-refractivity contribution < 1.29 is 47.0 Å². The first-order valence-corrected chi connectivity index (χ1v) is 13.6. The van der Waals surface area contributed by atoms with Crippen LogP contribution in [0.25, 0.3) is 0 Å². The number of rotatable bonds is 15. The highest BCUT2D eigenvalue weighted by molar-refractivity contribution is 6.10. The summed E-state index contributed by atoms with van der Waals surface area (Å²) in [5, 5.41) is 18.4. The van der Waals surface area contributed by atoms with E-state index in [1.54, 1.807) is 23.5 Å². The number of carbonyl (C=O) groups is 5. The van der Waals surface area contributed by atoms with Gasteiger partial charge in [-0.1, -0.05) is 44.2 Å². The molecule has 44 heavy (non-hydrogen) atoms. The number of hydrogen-bond donors (Lipinski definition) is 5. The van der Waals surface area contributed by atoms with E-state index in [1.165, 1.54) is 57.4 Å². The third kappa shape index (κ3) is 9.79. The fourth-order valence-corrected chi connectivity index (χ4v) is 3.84. The molecule has 2 rings (SSSR count). The summed E-state index contributed by atoms with van der Waals surface area (Å²) in [6.07, 6.45) is 0. The van der Waals surface area contributed by atoms with Crippen LogP contribution in [0.15, 0.2) is 54.6 Å². The summed E-state index contributed by atoms with van der Waals surface area (Å²) >= 11 is 0. The molecule has 0 bridgehead atoms. The van der Waals surface area contributed by atoms with Crippen LogP contribution in [-0.4, -0.2) is 78.5 Å². The number of hydrogen-bond acceptors (Lipinski definition) is 7. The van der Waals surface area contributed by atoms with E-state index in [1.807, 2.05) is 0 Å². The molecule has 0 saturated carbocycles. The second kappa shape index (κ2) is 15.3. The number of ether oxygens (including phenoxy) is 1. The minimum absolute atomic E-state index is 0.132. The summed E-state index contributed by atoms with van der Waals surface area (Å²) in [6, 6.07) is 8.48. The summed E-state index contributed by atoms with van der Waals surface area (Å²) < 4.78 is 48.6. The van der Waals surface area contributed by atoms with E-state index in [4.69, 9.17) is 4.74 Å². The fourth-order valence-electron chi connectivity index (χ4n) is 3.84. The first-order valence-electron chi connectivity index (χ1n) is 13.6. The number of carbonyl (C=O) groups excluding carboxylic acids is 5. The van der Waals surface area contributed by atoms with Gasteiger partial charge in [-0.05, 0) is 49.6 Å². The van der Waals surface area contributed by atoms with Crippen molar-refractivity contribution in [1.29, 1.82) is 0 Å². The van der Waals surface area contributed by atoms with Crippen LogP contribution in [0.1, 0.15) is 49.7 Å². The normalized spacial score (nSPS) is 13.7. The van der Waals surface area contributed by atoms with Crippen LogP contribution in [0.3, 0.4) is 0 Å². The Bertz CT molecular complexity index is 1320. The van der Waals surface area contributed by atoms with E-state index < -0.39 is 78.2 Å². The zero-order valence-electron chi connectivity index (χ0n) is 25.0. The summed E-state index contributed by atoms with van der Waals surface area (Å²) in [5.74, 6) is -12.0. The number of aliphatic hydroxyl groups excluding tert-OH is 1. The molecule has 14 heteroatoms. The zero-order valence-corrected chi connectivity index (χ0v) is 25.0. The largest absolute Gasteiger partial charge is 0.497 e. The number of amides is 4. The number of benzene rings is 2. The summed E-state index contributed by atoms with van der Waals surface area (Å²) in [6.45, 7) is 3.16. The molecule has 3 atom stereocenters. The molecule has 0 saturated heterocycles. The number of Topliss-reactive ketones (excluding diaryl/α,β-unsaturated/α-hetero) is 1. The molecule has 5 N–H and O–H groups in total. The maximum atomic E-state index is 14.9. The fraction of sp³-hybridized carbons (Fsp3) is 0.433. The maximum Gasteiger partial charge on any atom is 0.383 e. The Morgan fingerprint density at radius 1 is 0.864 bits per heavy atom. The third-order valence-corrected chi connectivity index (χ3v) is 6.35. The van der Waals surface area contributed by atoms with E-state index >= 15 is 0 Å². The van der Waals surface area contributed by atoms with Crippen LogP contribution in [0.4, 0.5) is 13.2 Å². The lowest BCUT2D eigenvalue weighted by atomic mass is 9.94. The molecule has 2 aromatic rings. The Morgan fingerprint density at radius 3 is 1.95 bits per heavy atom.